The Balaban J connectivity index is 2.14. The quantitative estimate of drug-likeness (QED) is 0.902. The van der Waals surface area contributed by atoms with Crippen LogP contribution in [0.1, 0.15) is 24.0 Å². The molecule has 6 heteroatoms. The minimum absolute atomic E-state index is 0.0648. The lowest BCUT2D eigenvalue weighted by molar-refractivity contribution is 0.0236. The van der Waals surface area contributed by atoms with Gasteiger partial charge in [0.2, 0.25) is 10.0 Å². The Morgan fingerprint density at radius 3 is 2.63 bits per heavy atom. The van der Waals surface area contributed by atoms with Crippen molar-refractivity contribution in [2.45, 2.75) is 36.8 Å². The van der Waals surface area contributed by atoms with E-state index in [1.54, 1.807) is 20.1 Å². The second-order valence-corrected chi connectivity index (χ2v) is 6.42. The van der Waals surface area contributed by atoms with Gasteiger partial charge in [-0.05, 0) is 43.5 Å². The van der Waals surface area contributed by atoms with Gasteiger partial charge in [-0.15, -0.1) is 0 Å². The molecule has 0 radical (unpaired) electrons. The minimum atomic E-state index is -3.52. The van der Waals surface area contributed by atoms with Crippen LogP contribution in [0.4, 0.5) is 0 Å². The number of ether oxygens (including phenoxy) is 1. The van der Waals surface area contributed by atoms with Gasteiger partial charge in [0.25, 0.3) is 0 Å². The van der Waals surface area contributed by atoms with Crippen molar-refractivity contribution in [2.24, 2.45) is 0 Å². The zero-order valence-corrected chi connectivity index (χ0v) is 11.7. The first-order valence-electron chi connectivity index (χ1n) is 6.02. The van der Waals surface area contributed by atoms with E-state index in [9.17, 15) is 8.42 Å². The van der Waals surface area contributed by atoms with Crippen molar-refractivity contribution in [1.29, 1.82) is 5.26 Å². The zero-order valence-electron chi connectivity index (χ0n) is 10.9. The highest BCUT2D eigenvalue weighted by Crippen LogP contribution is 2.25. The number of hydrogen-bond donors (Lipinski definition) is 1. The number of nitriles is 1. The summed E-state index contributed by atoms with van der Waals surface area (Å²) < 4.78 is 32.2. The largest absolute Gasteiger partial charge is 0.381 e. The summed E-state index contributed by atoms with van der Waals surface area (Å²) in [7, 11) is -1.90. The number of nitrogens with zero attached hydrogens (tertiary/aromatic N) is 1. The van der Waals surface area contributed by atoms with Crippen LogP contribution in [0.25, 0.3) is 0 Å². The van der Waals surface area contributed by atoms with Gasteiger partial charge in [0, 0.05) is 13.2 Å². The van der Waals surface area contributed by atoms with Gasteiger partial charge >= 0.3 is 0 Å². The summed E-state index contributed by atoms with van der Waals surface area (Å²) in [5.74, 6) is 0. The number of sulfonamides is 1. The summed E-state index contributed by atoms with van der Waals surface area (Å²) in [4.78, 5) is 0.229. The molecule has 1 aromatic carbocycles. The lowest BCUT2D eigenvalue weighted by Crippen LogP contribution is -2.47. The van der Waals surface area contributed by atoms with Gasteiger partial charge in [-0.1, -0.05) is 0 Å². The third-order valence-electron chi connectivity index (χ3n) is 3.34. The Hall–Kier alpha value is -1.42. The predicted molar refractivity (Wildman–Crippen MR) is 70.0 cm³/mol. The zero-order chi connectivity index (χ0) is 14.0. The Bertz CT molecular complexity index is 613. The van der Waals surface area contributed by atoms with Crippen LogP contribution in [0, 0.1) is 18.3 Å². The van der Waals surface area contributed by atoms with E-state index >= 15 is 0 Å². The van der Waals surface area contributed by atoms with Gasteiger partial charge < -0.3 is 4.74 Å². The fraction of sp³-hybridized carbons (Fsp3) is 0.462. The molecule has 0 amide bonds. The molecule has 1 aliphatic carbocycles. The van der Waals surface area contributed by atoms with E-state index < -0.39 is 10.0 Å². The third kappa shape index (κ3) is 2.95. The highest BCUT2D eigenvalue weighted by Gasteiger charge is 2.33. The van der Waals surface area contributed by atoms with Gasteiger partial charge in [-0.3, -0.25) is 0 Å². The van der Waals surface area contributed by atoms with E-state index in [1.165, 1.54) is 12.1 Å². The maximum Gasteiger partial charge on any atom is 0.241 e. The molecule has 0 heterocycles. The van der Waals surface area contributed by atoms with Crippen LogP contribution in [0.5, 0.6) is 0 Å². The number of rotatable bonds is 4. The van der Waals surface area contributed by atoms with E-state index in [-0.39, 0.29) is 17.0 Å². The van der Waals surface area contributed by atoms with Crippen LogP contribution in [0.2, 0.25) is 0 Å². The third-order valence-corrected chi connectivity index (χ3v) is 5.02. The topological polar surface area (TPSA) is 79.2 Å². The highest BCUT2D eigenvalue weighted by molar-refractivity contribution is 7.89. The predicted octanol–water partition coefficient (Wildman–Crippen LogP) is 1.32. The molecule has 1 fully saturated rings. The van der Waals surface area contributed by atoms with Crippen LogP contribution in [0.15, 0.2) is 23.1 Å². The minimum Gasteiger partial charge on any atom is -0.381 e. The summed E-state index contributed by atoms with van der Waals surface area (Å²) in [6.07, 6.45) is 1.55. The summed E-state index contributed by atoms with van der Waals surface area (Å²) in [6.45, 7) is 1.69. The van der Waals surface area contributed by atoms with Crippen LogP contribution in [-0.4, -0.2) is 27.7 Å². The highest BCUT2D eigenvalue weighted by atomic mass is 32.2. The lowest BCUT2D eigenvalue weighted by atomic mass is 9.90. The molecule has 0 unspecified atom stereocenters. The molecular formula is C13H16N2O3S. The molecule has 0 saturated heterocycles. The number of nitrogens with one attached hydrogen (secondary N) is 1. The maximum absolute atomic E-state index is 12.2. The summed E-state index contributed by atoms with van der Waals surface area (Å²) in [5.41, 5.74) is 1.04. The SMILES string of the molecule is COC1CC(NS(=O)(=O)c2ccc(C#N)cc2C)C1. The molecule has 102 valence electrons. The molecule has 0 atom stereocenters. The van der Waals surface area contributed by atoms with Gasteiger partial charge in [-0.2, -0.15) is 5.26 Å². The molecule has 1 N–H and O–H groups in total. The number of aryl methyl sites for hydroxylation is 1. The molecule has 0 bridgehead atoms. The molecule has 5 nitrogen and oxygen atoms in total. The molecule has 19 heavy (non-hydrogen) atoms. The Kier molecular flexibility index (Phi) is 3.90. The van der Waals surface area contributed by atoms with Crippen molar-refractivity contribution in [1.82, 2.24) is 4.72 Å². The van der Waals surface area contributed by atoms with Crippen LogP contribution in [-0.2, 0) is 14.8 Å². The maximum atomic E-state index is 12.2. The van der Waals surface area contributed by atoms with Crippen molar-refractivity contribution in [3.8, 4) is 6.07 Å². The van der Waals surface area contributed by atoms with Gasteiger partial charge in [0.05, 0.1) is 22.6 Å². The smallest absolute Gasteiger partial charge is 0.241 e. The van der Waals surface area contributed by atoms with Gasteiger partial charge in [0.1, 0.15) is 0 Å². The Morgan fingerprint density at radius 2 is 2.11 bits per heavy atom. The molecule has 1 aliphatic rings. The van der Waals surface area contributed by atoms with E-state index in [0.29, 0.717) is 24.0 Å². The van der Waals surface area contributed by atoms with Crippen molar-refractivity contribution in [3.63, 3.8) is 0 Å². The average Bonchev–Trinajstić information content (AvgIpc) is 2.32. The van der Waals surface area contributed by atoms with Crippen molar-refractivity contribution < 1.29 is 13.2 Å². The number of methoxy groups -OCH3 is 1. The normalized spacial score (nSPS) is 22.6. The lowest BCUT2D eigenvalue weighted by Gasteiger charge is -2.34. The fourth-order valence-electron chi connectivity index (χ4n) is 2.16. The molecule has 0 aromatic heterocycles. The van der Waals surface area contributed by atoms with Crippen LogP contribution < -0.4 is 4.72 Å². The summed E-state index contributed by atoms with van der Waals surface area (Å²) >= 11 is 0. The molecule has 0 aliphatic heterocycles. The second-order valence-electron chi connectivity index (χ2n) is 4.74. The van der Waals surface area contributed by atoms with E-state index in [0.717, 1.165) is 0 Å². The summed E-state index contributed by atoms with van der Waals surface area (Å²) in [5, 5.41) is 8.78. The first kappa shape index (κ1) is 14.0. The van der Waals surface area contributed by atoms with E-state index in [1.807, 2.05) is 6.07 Å². The van der Waals surface area contributed by atoms with Crippen molar-refractivity contribution >= 4 is 10.0 Å². The van der Waals surface area contributed by atoms with Crippen molar-refractivity contribution in [2.75, 3.05) is 7.11 Å². The average molecular weight is 280 g/mol. The van der Waals surface area contributed by atoms with Gasteiger partial charge in [0.15, 0.2) is 0 Å². The number of benzene rings is 1. The molecule has 1 aromatic rings. The Morgan fingerprint density at radius 1 is 1.42 bits per heavy atom. The molecule has 2 rings (SSSR count). The van der Waals surface area contributed by atoms with Crippen molar-refractivity contribution in [3.05, 3.63) is 29.3 Å². The summed E-state index contributed by atoms with van der Waals surface area (Å²) in [6, 6.07) is 6.49. The van der Waals surface area contributed by atoms with Crippen LogP contribution in [0.3, 0.4) is 0 Å². The monoisotopic (exact) mass is 280 g/mol. The number of hydrogen-bond acceptors (Lipinski definition) is 4. The fourth-order valence-corrected chi connectivity index (χ4v) is 3.65. The molecule has 0 spiro atoms. The van der Waals surface area contributed by atoms with E-state index in [2.05, 4.69) is 4.72 Å². The Labute approximate surface area is 113 Å². The van der Waals surface area contributed by atoms with E-state index in [4.69, 9.17) is 10.00 Å². The second kappa shape index (κ2) is 5.29. The molecular weight excluding hydrogens is 264 g/mol. The van der Waals surface area contributed by atoms with Gasteiger partial charge in [-0.25, -0.2) is 13.1 Å². The van der Waals surface area contributed by atoms with Crippen LogP contribution >= 0.6 is 0 Å². The standard InChI is InChI=1S/C13H16N2O3S/c1-9-5-10(8-14)3-4-13(9)19(16,17)15-11-6-12(7-11)18-2/h3-5,11-12,15H,6-7H2,1-2H3. The molecule has 1 saturated carbocycles. The first-order valence-corrected chi connectivity index (χ1v) is 7.50. The first-order chi connectivity index (χ1) is 8.96.